The minimum absolute atomic E-state index is 0.332. The Labute approximate surface area is 265 Å². The molecule has 0 radical (unpaired) electrons. The number of para-hydroxylation sites is 2. The van der Waals surface area contributed by atoms with Gasteiger partial charge in [0.15, 0.2) is 17.0 Å². The third-order valence-corrected chi connectivity index (χ3v) is 8.02. The van der Waals surface area contributed by atoms with E-state index >= 15 is 0 Å². The van der Waals surface area contributed by atoms with Gasteiger partial charge in [-0.2, -0.15) is 10.5 Å². The van der Waals surface area contributed by atoms with Crippen molar-refractivity contribution in [2.24, 2.45) is 0 Å². The lowest BCUT2D eigenvalue weighted by atomic mass is 9.99. The van der Waals surface area contributed by atoms with Gasteiger partial charge in [-0.1, -0.05) is 78.9 Å². The van der Waals surface area contributed by atoms with Crippen molar-refractivity contribution >= 4 is 50.4 Å². The monoisotopic (exact) mass is 587 g/mol. The van der Waals surface area contributed by atoms with E-state index in [2.05, 4.69) is 38.9 Å². The van der Waals surface area contributed by atoms with E-state index in [-0.39, 0.29) is 0 Å². The third-order valence-electron chi connectivity index (χ3n) is 8.02. The predicted octanol–water partition coefficient (Wildman–Crippen LogP) is 11.2. The summed E-state index contributed by atoms with van der Waals surface area (Å²) in [7, 11) is 0. The number of anilines is 3. The van der Waals surface area contributed by atoms with Crippen molar-refractivity contribution in [3.63, 3.8) is 0 Å². The molecule has 0 bridgehead atoms. The van der Waals surface area contributed by atoms with Gasteiger partial charge in [0.25, 0.3) is 0 Å². The molecule has 0 amide bonds. The van der Waals surface area contributed by atoms with E-state index in [9.17, 15) is 10.5 Å². The summed E-state index contributed by atoms with van der Waals surface area (Å²) >= 11 is 0. The second kappa shape index (κ2) is 11.5. The van der Waals surface area contributed by atoms with Gasteiger partial charge in [-0.25, -0.2) is 0 Å². The van der Waals surface area contributed by atoms with Crippen LogP contribution < -0.4 is 4.90 Å². The maximum atomic E-state index is 9.53. The highest BCUT2D eigenvalue weighted by Crippen LogP contribution is 2.43. The minimum Gasteiger partial charge on any atom is -0.454 e. The van der Waals surface area contributed by atoms with Crippen molar-refractivity contribution in [3.8, 4) is 34.4 Å². The molecule has 46 heavy (non-hydrogen) atoms. The number of nitrogens with zero attached hydrogens (tertiary/aromatic N) is 5. The topological polar surface area (TPSA) is 72.7 Å². The third kappa shape index (κ3) is 4.76. The van der Waals surface area contributed by atoms with Crippen LogP contribution in [-0.4, -0.2) is 0 Å². The average Bonchev–Trinajstić information content (AvgIpc) is 3.51. The van der Waals surface area contributed by atoms with E-state index in [1.165, 1.54) is 0 Å². The molecule has 0 fully saturated rings. The van der Waals surface area contributed by atoms with Crippen molar-refractivity contribution in [2.45, 2.75) is 0 Å². The van der Waals surface area contributed by atoms with E-state index in [1.807, 2.05) is 91.0 Å². The molecule has 0 N–H and O–H groups in total. The van der Waals surface area contributed by atoms with Crippen LogP contribution in [0.25, 0.3) is 53.9 Å². The van der Waals surface area contributed by atoms with Crippen LogP contribution in [0.15, 0.2) is 132 Å². The van der Waals surface area contributed by atoms with E-state index in [0.717, 1.165) is 61.3 Å². The molecule has 1 heterocycles. The van der Waals surface area contributed by atoms with Gasteiger partial charge in [-0.05, 0) is 70.8 Å². The van der Waals surface area contributed by atoms with E-state index < -0.39 is 0 Å². The molecule has 6 aromatic carbocycles. The number of furan rings is 1. The Kier molecular flexibility index (Phi) is 6.94. The molecule has 6 nitrogen and oxygen atoms in total. The lowest BCUT2D eigenvalue weighted by Gasteiger charge is -2.26. The van der Waals surface area contributed by atoms with Crippen LogP contribution in [-0.2, 0) is 0 Å². The van der Waals surface area contributed by atoms with E-state index in [0.29, 0.717) is 22.5 Å². The fraction of sp³-hybridized carbons (Fsp3) is 0. The van der Waals surface area contributed by atoms with Gasteiger partial charge < -0.3 is 9.32 Å². The van der Waals surface area contributed by atoms with Crippen LogP contribution in [0.4, 0.5) is 28.4 Å². The van der Waals surface area contributed by atoms with Gasteiger partial charge in [0, 0.05) is 22.1 Å². The number of hydrogen-bond acceptors (Lipinski definition) is 4. The number of fused-ring (bicyclic) bond motifs is 3. The molecule has 0 saturated carbocycles. The molecule has 0 spiro atoms. The fourth-order valence-corrected chi connectivity index (χ4v) is 5.74. The van der Waals surface area contributed by atoms with E-state index in [1.54, 1.807) is 24.3 Å². The van der Waals surface area contributed by atoms with Crippen molar-refractivity contribution in [2.75, 3.05) is 4.90 Å². The summed E-state index contributed by atoms with van der Waals surface area (Å²) in [4.78, 5) is 9.13. The molecule has 0 aliphatic heterocycles. The smallest absolute Gasteiger partial charge is 0.195 e. The minimum atomic E-state index is 0.332. The first-order valence-electron chi connectivity index (χ1n) is 14.4. The van der Waals surface area contributed by atoms with Crippen LogP contribution in [0.3, 0.4) is 0 Å². The van der Waals surface area contributed by atoms with Crippen LogP contribution in [0.2, 0.25) is 0 Å². The Morgan fingerprint density at radius 2 is 1.13 bits per heavy atom. The molecule has 7 aromatic rings. The molecule has 0 saturated heterocycles. The van der Waals surface area contributed by atoms with Crippen molar-refractivity contribution in [1.29, 1.82) is 10.5 Å². The Balaban J connectivity index is 1.35. The first-order chi connectivity index (χ1) is 22.6. The first-order valence-corrected chi connectivity index (χ1v) is 14.4. The van der Waals surface area contributed by atoms with Crippen LogP contribution >= 0.6 is 0 Å². The zero-order valence-corrected chi connectivity index (χ0v) is 24.3. The molecule has 212 valence electrons. The molecule has 0 atom stereocenters. The van der Waals surface area contributed by atoms with Gasteiger partial charge in [0.1, 0.15) is 17.7 Å². The van der Waals surface area contributed by atoms with Gasteiger partial charge in [0.2, 0.25) is 0 Å². The second-order valence-corrected chi connectivity index (χ2v) is 10.6. The molecular formula is C40H21N5O. The Bertz CT molecular complexity index is 2340. The SMILES string of the molecule is [C-]#[N+]c1ccc(-c2ccc(N(c3ccc(-c4ccc(C#N)c(C#N)c4)cc3)c3cccc4c3oc3ccccc34)cc2)cc1[N+]#[C-]. The van der Waals surface area contributed by atoms with Crippen molar-refractivity contribution in [3.05, 3.63) is 161 Å². The summed E-state index contributed by atoms with van der Waals surface area (Å²) in [6, 6.07) is 45.0. The highest BCUT2D eigenvalue weighted by atomic mass is 16.3. The lowest BCUT2D eigenvalue weighted by Crippen LogP contribution is -2.10. The molecule has 0 aliphatic rings. The number of rotatable bonds is 5. The van der Waals surface area contributed by atoms with Gasteiger partial charge >= 0.3 is 0 Å². The predicted molar refractivity (Wildman–Crippen MR) is 181 cm³/mol. The van der Waals surface area contributed by atoms with Gasteiger partial charge in [-0.3, -0.25) is 9.69 Å². The Hall–Kier alpha value is -7.12. The highest BCUT2D eigenvalue weighted by molar-refractivity contribution is 6.10. The largest absolute Gasteiger partial charge is 0.454 e. The van der Waals surface area contributed by atoms with Crippen LogP contribution in [0.5, 0.6) is 0 Å². The molecule has 7 rings (SSSR count). The maximum Gasteiger partial charge on any atom is 0.195 e. The standard InChI is InChI=1S/C40H21N5O/c1-43-36-21-16-29(23-37(36)44-2)27-14-19-33(20-15-27)45(38-8-5-7-35-34-6-3-4-9-39(34)46-40(35)38)32-17-12-26(13-18-32)28-10-11-30(24-41)31(22-28)25-42/h3-23H. The maximum absolute atomic E-state index is 9.53. The van der Waals surface area contributed by atoms with Crippen LogP contribution in [0, 0.1) is 35.8 Å². The molecule has 1 aromatic heterocycles. The van der Waals surface area contributed by atoms with Gasteiger partial charge in [0.05, 0.1) is 30.0 Å². The van der Waals surface area contributed by atoms with Crippen molar-refractivity contribution in [1.82, 2.24) is 0 Å². The molecule has 0 unspecified atom stereocenters. The summed E-state index contributed by atoms with van der Waals surface area (Å²) in [6.07, 6.45) is 0. The van der Waals surface area contributed by atoms with E-state index in [4.69, 9.17) is 17.6 Å². The van der Waals surface area contributed by atoms with Crippen molar-refractivity contribution < 1.29 is 4.42 Å². The van der Waals surface area contributed by atoms with Gasteiger partial charge in [-0.15, -0.1) is 0 Å². The zero-order valence-electron chi connectivity index (χ0n) is 24.3. The molecule has 6 heteroatoms. The summed E-state index contributed by atoms with van der Waals surface area (Å²) < 4.78 is 6.44. The zero-order chi connectivity index (χ0) is 31.6. The highest BCUT2D eigenvalue weighted by Gasteiger charge is 2.19. The normalized spacial score (nSPS) is 10.5. The summed E-state index contributed by atoms with van der Waals surface area (Å²) in [5.41, 5.74) is 9.16. The summed E-state index contributed by atoms with van der Waals surface area (Å²) in [6.45, 7) is 14.8. The molecule has 0 aliphatic carbocycles. The number of hydrogen-bond donors (Lipinski definition) is 0. The first kappa shape index (κ1) is 27.7. The second-order valence-electron chi connectivity index (χ2n) is 10.6. The Morgan fingerprint density at radius 3 is 1.78 bits per heavy atom. The summed E-state index contributed by atoms with van der Waals surface area (Å²) in [5, 5.41) is 20.9. The summed E-state index contributed by atoms with van der Waals surface area (Å²) in [5.74, 6) is 0. The van der Waals surface area contributed by atoms with Crippen LogP contribution in [0.1, 0.15) is 11.1 Å². The number of nitriles is 2. The Morgan fingerprint density at radius 1 is 0.543 bits per heavy atom. The fourth-order valence-electron chi connectivity index (χ4n) is 5.74. The average molecular weight is 588 g/mol. The number of benzene rings is 6. The molecular weight excluding hydrogens is 566 g/mol. The lowest BCUT2D eigenvalue weighted by molar-refractivity contribution is 0.669. The quantitative estimate of drug-likeness (QED) is 0.188.